The summed E-state index contributed by atoms with van der Waals surface area (Å²) in [6.07, 6.45) is 4.04. The number of anilines is 1. The summed E-state index contributed by atoms with van der Waals surface area (Å²) in [7, 11) is 0. The van der Waals surface area contributed by atoms with Crippen molar-refractivity contribution in [2.45, 2.75) is 26.3 Å². The summed E-state index contributed by atoms with van der Waals surface area (Å²) in [4.78, 5) is 8.80. The minimum atomic E-state index is -0.127. The molecule has 3 rings (SSSR count). The minimum absolute atomic E-state index is 0.0146. The van der Waals surface area contributed by atoms with Gasteiger partial charge in [0.2, 0.25) is 0 Å². The molecule has 0 unspecified atom stereocenters. The van der Waals surface area contributed by atoms with Gasteiger partial charge in [0.25, 0.3) is 0 Å². The molecular weight excluding hydrogens is 302 g/mol. The van der Waals surface area contributed by atoms with Crippen LogP contribution in [0.5, 0.6) is 0 Å². The van der Waals surface area contributed by atoms with E-state index in [1.54, 1.807) is 17.1 Å². The van der Waals surface area contributed by atoms with Gasteiger partial charge in [-0.2, -0.15) is 5.10 Å². The van der Waals surface area contributed by atoms with Crippen LogP contribution in [-0.4, -0.2) is 37.5 Å². The molecule has 6 nitrogen and oxygen atoms in total. The Hall–Kier alpha value is -2.73. The average Bonchev–Trinajstić information content (AvgIpc) is 2.94. The third-order valence-electron chi connectivity index (χ3n) is 3.75. The molecule has 0 fully saturated rings. The average molecular weight is 323 g/mol. The van der Waals surface area contributed by atoms with Crippen LogP contribution in [0.1, 0.15) is 17.0 Å². The molecular formula is C18H21N5O. The van der Waals surface area contributed by atoms with E-state index in [0.29, 0.717) is 18.1 Å². The van der Waals surface area contributed by atoms with Gasteiger partial charge in [-0.15, -0.1) is 0 Å². The van der Waals surface area contributed by atoms with Crippen molar-refractivity contribution in [3.63, 3.8) is 0 Å². The van der Waals surface area contributed by atoms with Gasteiger partial charge in [0, 0.05) is 5.69 Å². The molecule has 124 valence electrons. The Morgan fingerprint density at radius 2 is 1.96 bits per heavy atom. The van der Waals surface area contributed by atoms with Gasteiger partial charge in [-0.05, 0) is 31.9 Å². The van der Waals surface area contributed by atoms with Gasteiger partial charge in [0.15, 0.2) is 5.82 Å². The van der Waals surface area contributed by atoms with Crippen LogP contribution in [0.15, 0.2) is 48.8 Å². The molecule has 1 aromatic carbocycles. The van der Waals surface area contributed by atoms with Crippen LogP contribution in [-0.2, 0) is 6.42 Å². The maximum Gasteiger partial charge on any atom is 0.174 e. The van der Waals surface area contributed by atoms with E-state index in [-0.39, 0.29) is 12.6 Å². The zero-order valence-electron chi connectivity index (χ0n) is 13.8. The quantitative estimate of drug-likeness (QED) is 0.728. The Morgan fingerprint density at radius 1 is 1.17 bits per heavy atom. The number of hydrogen-bond donors (Lipinski definition) is 2. The molecule has 2 aromatic heterocycles. The predicted molar refractivity (Wildman–Crippen MR) is 93.3 cm³/mol. The lowest BCUT2D eigenvalue weighted by molar-refractivity contribution is 0.273. The van der Waals surface area contributed by atoms with E-state index < -0.39 is 0 Å². The number of nitrogens with zero attached hydrogens (tertiary/aromatic N) is 4. The van der Waals surface area contributed by atoms with Crippen LogP contribution in [0.3, 0.4) is 0 Å². The SMILES string of the molecule is Cc1cc(C)n(-c2cncc(N[C@@H](CO)Cc3ccccc3)n2)n1. The van der Waals surface area contributed by atoms with E-state index in [1.807, 2.05) is 50.2 Å². The molecule has 6 heteroatoms. The van der Waals surface area contributed by atoms with Gasteiger partial charge < -0.3 is 10.4 Å². The zero-order chi connectivity index (χ0) is 16.9. The van der Waals surface area contributed by atoms with Crippen LogP contribution in [0, 0.1) is 13.8 Å². The van der Waals surface area contributed by atoms with E-state index in [4.69, 9.17) is 0 Å². The van der Waals surface area contributed by atoms with E-state index in [0.717, 1.165) is 17.0 Å². The Morgan fingerprint density at radius 3 is 2.62 bits per heavy atom. The Bertz CT molecular complexity index is 800. The van der Waals surface area contributed by atoms with Gasteiger partial charge in [-0.3, -0.25) is 4.98 Å². The first-order chi connectivity index (χ1) is 11.7. The number of aromatic nitrogens is 4. The summed E-state index contributed by atoms with van der Waals surface area (Å²) in [6, 6.07) is 11.9. The molecule has 0 aliphatic rings. The van der Waals surface area contributed by atoms with Crippen LogP contribution in [0.25, 0.3) is 5.82 Å². The lowest BCUT2D eigenvalue weighted by Crippen LogP contribution is -2.27. The number of rotatable bonds is 6. The Labute approximate surface area is 141 Å². The fraction of sp³-hybridized carbons (Fsp3) is 0.278. The number of benzene rings is 1. The van der Waals surface area contributed by atoms with Gasteiger partial charge in [-0.25, -0.2) is 9.67 Å². The van der Waals surface area contributed by atoms with E-state index >= 15 is 0 Å². The molecule has 0 aliphatic carbocycles. The maximum atomic E-state index is 9.65. The molecule has 0 amide bonds. The summed E-state index contributed by atoms with van der Waals surface area (Å²) in [6.45, 7) is 3.94. The van der Waals surface area contributed by atoms with Crippen molar-refractivity contribution in [3.8, 4) is 5.82 Å². The normalized spacial score (nSPS) is 12.1. The Kier molecular flexibility index (Phi) is 4.86. The lowest BCUT2D eigenvalue weighted by atomic mass is 10.1. The summed E-state index contributed by atoms with van der Waals surface area (Å²) in [5.74, 6) is 1.28. The number of aliphatic hydroxyl groups is 1. The zero-order valence-corrected chi connectivity index (χ0v) is 13.8. The standard InChI is InChI=1S/C18H21N5O/c1-13-8-14(2)23(22-13)18-11-19-10-17(21-18)20-16(12-24)9-15-6-4-3-5-7-15/h3-8,10-11,16,24H,9,12H2,1-2H3,(H,20,21)/t16-/m1/s1. The lowest BCUT2D eigenvalue weighted by Gasteiger charge is -2.17. The van der Waals surface area contributed by atoms with E-state index in [1.165, 1.54) is 0 Å². The minimum Gasteiger partial charge on any atom is -0.394 e. The molecule has 2 N–H and O–H groups in total. The van der Waals surface area contributed by atoms with Crippen molar-refractivity contribution in [3.05, 3.63) is 65.7 Å². The second kappa shape index (κ2) is 7.23. The van der Waals surface area contributed by atoms with Gasteiger partial charge >= 0.3 is 0 Å². The van der Waals surface area contributed by atoms with Crippen LogP contribution < -0.4 is 5.32 Å². The molecule has 0 spiro atoms. The first-order valence-corrected chi connectivity index (χ1v) is 7.92. The second-order valence-corrected chi connectivity index (χ2v) is 5.81. The van der Waals surface area contributed by atoms with Crippen molar-refractivity contribution in [1.82, 2.24) is 19.7 Å². The highest BCUT2D eigenvalue weighted by atomic mass is 16.3. The molecule has 0 aliphatic heterocycles. The van der Waals surface area contributed by atoms with Gasteiger partial charge in [0.1, 0.15) is 5.82 Å². The number of aryl methyl sites for hydroxylation is 2. The first kappa shape index (κ1) is 16.1. The third kappa shape index (κ3) is 3.78. The fourth-order valence-corrected chi connectivity index (χ4v) is 2.66. The molecule has 2 heterocycles. The molecule has 3 aromatic rings. The van der Waals surface area contributed by atoms with Crippen LogP contribution in [0.4, 0.5) is 5.82 Å². The predicted octanol–water partition coefficient (Wildman–Crippen LogP) is 2.29. The second-order valence-electron chi connectivity index (χ2n) is 5.81. The summed E-state index contributed by atoms with van der Waals surface area (Å²) in [5.41, 5.74) is 3.10. The monoisotopic (exact) mass is 323 g/mol. The number of aliphatic hydroxyl groups excluding tert-OH is 1. The number of hydrogen-bond acceptors (Lipinski definition) is 5. The highest BCUT2D eigenvalue weighted by Crippen LogP contribution is 2.13. The highest BCUT2D eigenvalue weighted by molar-refractivity contribution is 5.38. The van der Waals surface area contributed by atoms with Crippen molar-refractivity contribution in [1.29, 1.82) is 0 Å². The van der Waals surface area contributed by atoms with Crippen molar-refractivity contribution >= 4 is 5.82 Å². The van der Waals surface area contributed by atoms with E-state index in [9.17, 15) is 5.11 Å². The topological polar surface area (TPSA) is 75.9 Å². The largest absolute Gasteiger partial charge is 0.394 e. The third-order valence-corrected chi connectivity index (χ3v) is 3.75. The van der Waals surface area contributed by atoms with Crippen LogP contribution >= 0.6 is 0 Å². The molecule has 0 saturated heterocycles. The van der Waals surface area contributed by atoms with Crippen molar-refractivity contribution < 1.29 is 5.11 Å². The maximum absolute atomic E-state index is 9.65. The van der Waals surface area contributed by atoms with Crippen molar-refractivity contribution in [2.24, 2.45) is 0 Å². The van der Waals surface area contributed by atoms with Gasteiger partial charge in [-0.1, -0.05) is 30.3 Å². The van der Waals surface area contributed by atoms with Gasteiger partial charge in [0.05, 0.1) is 30.7 Å². The molecule has 0 bridgehead atoms. The fourth-order valence-electron chi connectivity index (χ4n) is 2.66. The first-order valence-electron chi connectivity index (χ1n) is 7.92. The molecule has 1 atom stereocenters. The number of nitrogens with one attached hydrogen (secondary N) is 1. The highest BCUT2D eigenvalue weighted by Gasteiger charge is 2.11. The summed E-state index contributed by atoms with van der Waals surface area (Å²) < 4.78 is 1.76. The summed E-state index contributed by atoms with van der Waals surface area (Å²) >= 11 is 0. The summed E-state index contributed by atoms with van der Waals surface area (Å²) in [5, 5.41) is 17.3. The Balaban J connectivity index is 1.77. The molecule has 0 radical (unpaired) electrons. The molecule has 0 saturated carbocycles. The van der Waals surface area contributed by atoms with Crippen LogP contribution in [0.2, 0.25) is 0 Å². The molecule has 24 heavy (non-hydrogen) atoms. The van der Waals surface area contributed by atoms with Crippen molar-refractivity contribution in [2.75, 3.05) is 11.9 Å². The van der Waals surface area contributed by atoms with E-state index in [2.05, 4.69) is 20.4 Å². The smallest absolute Gasteiger partial charge is 0.174 e.